The Kier molecular flexibility index (Phi) is 3.91. The van der Waals surface area contributed by atoms with Crippen molar-refractivity contribution in [2.45, 2.75) is 25.3 Å². The molecule has 12 heavy (non-hydrogen) atoms. The van der Waals surface area contributed by atoms with Gasteiger partial charge in [-0.2, -0.15) is 0 Å². The van der Waals surface area contributed by atoms with Crippen molar-refractivity contribution in [2.24, 2.45) is 0 Å². The minimum absolute atomic E-state index is 0. The molecule has 0 aliphatic carbocycles. The summed E-state index contributed by atoms with van der Waals surface area (Å²) in [5.41, 5.74) is 1.80. The van der Waals surface area contributed by atoms with E-state index in [2.05, 4.69) is 15.5 Å². The van der Waals surface area contributed by atoms with Crippen molar-refractivity contribution in [1.82, 2.24) is 15.5 Å². The first-order valence-electron chi connectivity index (χ1n) is 3.96. The van der Waals surface area contributed by atoms with E-state index >= 15 is 0 Å². The standard InChI is InChI=1S/C7H11N3S.ClH/c1-2-4-8-6(3-1)7-10-9-5-11-7;/h5-6,8H,1-4H2;1H. The Morgan fingerprint density at radius 1 is 1.50 bits per heavy atom. The smallest absolute Gasteiger partial charge is 0.134 e. The molecule has 0 amide bonds. The maximum absolute atomic E-state index is 4.05. The Balaban J connectivity index is 0.000000720. The van der Waals surface area contributed by atoms with Crippen molar-refractivity contribution >= 4 is 23.7 Å². The predicted molar refractivity (Wildman–Crippen MR) is 51.8 cm³/mol. The number of nitrogens with zero attached hydrogens (tertiary/aromatic N) is 2. The molecule has 3 nitrogen and oxygen atoms in total. The van der Waals surface area contributed by atoms with E-state index in [9.17, 15) is 0 Å². The highest BCUT2D eigenvalue weighted by Crippen LogP contribution is 2.22. The molecule has 5 heteroatoms. The molecule has 0 spiro atoms. The predicted octanol–water partition coefficient (Wildman–Crippen LogP) is 1.77. The molecule has 0 aromatic carbocycles. The lowest BCUT2D eigenvalue weighted by atomic mass is 10.1. The first-order valence-corrected chi connectivity index (χ1v) is 4.84. The van der Waals surface area contributed by atoms with Crippen molar-refractivity contribution in [1.29, 1.82) is 0 Å². The molecule has 68 valence electrons. The van der Waals surface area contributed by atoms with Gasteiger partial charge in [-0.15, -0.1) is 33.9 Å². The zero-order valence-corrected chi connectivity index (χ0v) is 8.33. The van der Waals surface area contributed by atoms with Crippen LogP contribution < -0.4 is 5.32 Å². The summed E-state index contributed by atoms with van der Waals surface area (Å²) in [6, 6.07) is 0.483. The minimum atomic E-state index is 0. The topological polar surface area (TPSA) is 37.8 Å². The van der Waals surface area contributed by atoms with Gasteiger partial charge in [0, 0.05) is 0 Å². The first-order chi connectivity index (χ1) is 5.47. The van der Waals surface area contributed by atoms with Crippen LogP contribution in [-0.4, -0.2) is 16.7 Å². The Hall–Kier alpha value is -0.190. The molecule has 0 radical (unpaired) electrons. The molecule has 1 aliphatic rings. The number of nitrogens with one attached hydrogen (secondary N) is 1. The molecule has 1 aromatic rings. The number of hydrogen-bond acceptors (Lipinski definition) is 4. The van der Waals surface area contributed by atoms with Crippen LogP contribution >= 0.6 is 23.7 Å². The van der Waals surface area contributed by atoms with Crippen molar-refractivity contribution in [2.75, 3.05) is 6.54 Å². The highest BCUT2D eigenvalue weighted by Gasteiger charge is 2.16. The zero-order chi connectivity index (χ0) is 7.52. The monoisotopic (exact) mass is 205 g/mol. The van der Waals surface area contributed by atoms with Crippen LogP contribution in [0.5, 0.6) is 0 Å². The lowest BCUT2D eigenvalue weighted by molar-refractivity contribution is 0.409. The molecule has 1 N–H and O–H groups in total. The summed E-state index contributed by atoms with van der Waals surface area (Å²) in [4.78, 5) is 0. The third-order valence-electron chi connectivity index (χ3n) is 1.99. The van der Waals surface area contributed by atoms with E-state index in [1.54, 1.807) is 16.8 Å². The van der Waals surface area contributed by atoms with Gasteiger partial charge in [-0.25, -0.2) is 0 Å². The molecule has 2 rings (SSSR count). The van der Waals surface area contributed by atoms with Crippen LogP contribution in [0.4, 0.5) is 0 Å². The average molecular weight is 206 g/mol. The van der Waals surface area contributed by atoms with Gasteiger partial charge in [0.1, 0.15) is 10.5 Å². The average Bonchev–Trinajstić information content (AvgIpc) is 2.58. The maximum Gasteiger partial charge on any atom is 0.134 e. The Bertz CT molecular complexity index is 208. The molecule has 2 heterocycles. The normalized spacial score (nSPS) is 23.2. The molecule has 1 saturated heterocycles. The van der Waals surface area contributed by atoms with E-state index in [0.29, 0.717) is 6.04 Å². The highest BCUT2D eigenvalue weighted by atomic mass is 35.5. The van der Waals surface area contributed by atoms with Gasteiger partial charge in [-0.05, 0) is 19.4 Å². The summed E-state index contributed by atoms with van der Waals surface area (Å²) in [7, 11) is 0. The Morgan fingerprint density at radius 2 is 2.42 bits per heavy atom. The van der Waals surface area contributed by atoms with Crippen LogP contribution in [0, 0.1) is 0 Å². The van der Waals surface area contributed by atoms with Gasteiger partial charge < -0.3 is 5.32 Å². The van der Waals surface area contributed by atoms with Crippen molar-refractivity contribution in [3.63, 3.8) is 0 Å². The van der Waals surface area contributed by atoms with Crippen LogP contribution in [0.15, 0.2) is 5.51 Å². The van der Waals surface area contributed by atoms with Gasteiger partial charge in [0.25, 0.3) is 0 Å². The summed E-state index contributed by atoms with van der Waals surface area (Å²) < 4.78 is 0. The molecule has 0 saturated carbocycles. The van der Waals surface area contributed by atoms with Crippen LogP contribution in [0.25, 0.3) is 0 Å². The van der Waals surface area contributed by atoms with Gasteiger partial charge in [0.15, 0.2) is 0 Å². The fourth-order valence-electron chi connectivity index (χ4n) is 1.40. The first kappa shape index (κ1) is 9.89. The molecule has 1 atom stereocenters. The quantitative estimate of drug-likeness (QED) is 0.760. The molecule has 1 aliphatic heterocycles. The lowest BCUT2D eigenvalue weighted by Crippen LogP contribution is -2.26. The Morgan fingerprint density at radius 3 is 3.00 bits per heavy atom. The number of halogens is 1. The summed E-state index contributed by atoms with van der Waals surface area (Å²) in [6.45, 7) is 1.13. The summed E-state index contributed by atoms with van der Waals surface area (Å²) >= 11 is 1.64. The molecular weight excluding hydrogens is 194 g/mol. The van der Waals surface area contributed by atoms with Crippen LogP contribution in [0.1, 0.15) is 30.3 Å². The van der Waals surface area contributed by atoms with Crippen molar-refractivity contribution < 1.29 is 0 Å². The summed E-state index contributed by atoms with van der Waals surface area (Å²) in [6.07, 6.45) is 3.84. The summed E-state index contributed by atoms with van der Waals surface area (Å²) in [5.74, 6) is 0. The number of hydrogen-bond donors (Lipinski definition) is 1. The SMILES string of the molecule is Cl.c1nnc(C2CCCCN2)s1. The largest absolute Gasteiger partial charge is 0.308 e. The number of aromatic nitrogens is 2. The fourth-order valence-corrected chi connectivity index (χ4v) is 2.06. The van der Waals surface area contributed by atoms with Gasteiger partial charge in [0.05, 0.1) is 6.04 Å². The van der Waals surface area contributed by atoms with E-state index in [0.717, 1.165) is 11.6 Å². The van der Waals surface area contributed by atoms with E-state index in [1.165, 1.54) is 19.3 Å². The van der Waals surface area contributed by atoms with Crippen LogP contribution in [0.3, 0.4) is 0 Å². The van der Waals surface area contributed by atoms with Crippen molar-refractivity contribution in [3.8, 4) is 0 Å². The Labute approximate surface area is 82.0 Å². The van der Waals surface area contributed by atoms with Gasteiger partial charge in [-0.1, -0.05) is 6.42 Å². The molecule has 0 bridgehead atoms. The van der Waals surface area contributed by atoms with E-state index in [-0.39, 0.29) is 12.4 Å². The molecule has 1 unspecified atom stereocenters. The van der Waals surface area contributed by atoms with Crippen LogP contribution in [-0.2, 0) is 0 Å². The van der Waals surface area contributed by atoms with Gasteiger partial charge in [-0.3, -0.25) is 0 Å². The van der Waals surface area contributed by atoms with Crippen LogP contribution in [0.2, 0.25) is 0 Å². The minimum Gasteiger partial charge on any atom is -0.308 e. The molecular formula is C7H12ClN3S. The molecule has 1 fully saturated rings. The highest BCUT2D eigenvalue weighted by molar-refractivity contribution is 7.09. The maximum atomic E-state index is 4.05. The fraction of sp³-hybridized carbons (Fsp3) is 0.714. The second-order valence-corrected chi connectivity index (χ2v) is 3.64. The zero-order valence-electron chi connectivity index (χ0n) is 6.69. The second kappa shape index (κ2) is 4.74. The molecule has 1 aromatic heterocycles. The second-order valence-electron chi connectivity index (χ2n) is 2.78. The third kappa shape index (κ3) is 2.15. The van der Waals surface area contributed by atoms with E-state index in [4.69, 9.17) is 0 Å². The number of piperidine rings is 1. The van der Waals surface area contributed by atoms with Gasteiger partial charge >= 0.3 is 0 Å². The third-order valence-corrected chi connectivity index (χ3v) is 2.79. The lowest BCUT2D eigenvalue weighted by Gasteiger charge is -2.20. The summed E-state index contributed by atoms with van der Waals surface area (Å²) in [5, 5.41) is 12.4. The van der Waals surface area contributed by atoms with Gasteiger partial charge in [0.2, 0.25) is 0 Å². The number of rotatable bonds is 1. The van der Waals surface area contributed by atoms with E-state index in [1.807, 2.05) is 0 Å². The van der Waals surface area contributed by atoms with Crippen molar-refractivity contribution in [3.05, 3.63) is 10.5 Å². The van der Waals surface area contributed by atoms with E-state index < -0.39 is 0 Å².